The van der Waals surface area contributed by atoms with Crippen molar-refractivity contribution in [3.8, 4) is 0 Å². The normalized spacial score (nSPS) is 10.8. The third-order valence-corrected chi connectivity index (χ3v) is 2.20. The van der Waals surface area contributed by atoms with E-state index in [1.54, 1.807) is 0 Å². The molecule has 0 saturated heterocycles. The van der Waals surface area contributed by atoms with Crippen LogP contribution in [0.2, 0.25) is 10.0 Å². The van der Waals surface area contributed by atoms with Crippen LogP contribution in [0.25, 0.3) is 0 Å². The number of allylic oxidation sites excluding steroid dienone is 1. The van der Waals surface area contributed by atoms with Crippen LogP contribution < -0.4 is 0 Å². The van der Waals surface area contributed by atoms with Gasteiger partial charge in [-0.05, 0) is 12.1 Å². The maximum Gasteiger partial charge on any atom is 0.191 e. The van der Waals surface area contributed by atoms with Crippen LogP contribution in [0.15, 0.2) is 24.5 Å². The number of benzene rings is 1. The molecule has 5 heteroatoms. The molecule has 0 unspecified atom stereocenters. The predicted molar refractivity (Wildman–Crippen MR) is 52.5 cm³/mol. The molecule has 1 aromatic rings. The highest BCUT2D eigenvalue weighted by molar-refractivity contribution is 6.40. The van der Waals surface area contributed by atoms with E-state index < -0.39 is 11.6 Å². The molecule has 1 rings (SSSR count). The zero-order valence-electron chi connectivity index (χ0n) is 6.80. The molecular formula is C9H5Cl2FO2. The van der Waals surface area contributed by atoms with Crippen LogP contribution in [0, 0.1) is 5.82 Å². The van der Waals surface area contributed by atoms with Crippen molar-refractivity contribution in [1.29, 1.82) is 0 Å². The van der Waals surface area contributed by atoms with Crippen LogP contribution in [-0.2, 0) is 0 Å². The first-order valence-electron chi connectivity index (χ1n) is 3.56. The van der Waals surface area contributed by atoms with Crippen LogP contribution in [0.1, 0.15) is 10.4 Å². The largest absolute Gasteiger partial charge is 0.515 e. The zero-order valence-corrected chi connectivity index (χ0v) is 8.31. The average molecular weight is 235 g/mol. The number of aliphatic hydroxyl groups is 1. The topological polar surface area (TPSA) is 37.3 Å². The van der Waals surface area contributed by atoms with Crippen molar-refractivity contribution >= 4 is 29.0 Å². The molecule has 0 atom stereocenters. The summed E-state index contributed by atoms with van der Waals surface area (Å²) in [7, 11) is 0. The molecule has 0 aliphatic rings. The Morgan fingerprint density at radius 2 is 2.07 bits per heavy atom. The molecule has 0 fully saturated rings. The monoisotopic (exact) mass is 234 g/mol. The minimum absolute atomic E-state index is 0.0412. The zero-order chi connectivity index (χ0) is 10.7. The van der Waals surface area contributed by atoms with E-state index in [9.17, 15) is 9.18 Å². The van der Waals surface area contributed by atoms with Gasteiger partial charge < -0.3 is 5.11 Å². The molecule has 0 saturated carbocycles. The van der Waals surface area contributed by atoms with E-state index in [1.807, 2.05) is 0 Å². The fourth-order valence-electron chi connectivity index (χ4n) is 0.904. The van der Waals surface area contributed by atoms with Gasteiger partial charge in [-0.1, -0.05) is 23.2 Å². The molecule has 1 N–H and O–H groups in total. The van der Waals surface area contributed by atoms with E-state index in [2.05, 4.69) is 0 Å². The van der Waals surface area contributed by atoms with Crippen molar-refractivity contribution in [2.24, 2.45) is 0 Å². The Morgan fingerprint density at radius 3 is 2.64 bits per heavy atom. The van der Waals surface area contributed by atoms with Gasteiger partial charge in [0.25, 0.3) is 0 Å². The van der Waals surface area contributed by atoms with Crippen molar-refractivity contribution in [2.75, 3.05) is 0 Å². The van der Waals surface area contributed by atoms with Crippen LogP contribution >= 0.6 is 23.2 Å². The second-order valence-corrected chi connectivity index (χ2v) is 3.18. The third kappa shape index (κ3) is 2.05. The highest BCUT2D eigenvalue weighted by Gasteiger charge is 2.15. The number of carbonyl (C=O) groups excluding carboxylic acids is 1. The lowest BCUT2D eigenvalue weighted by Gasteiger charge is -2.03. The van der Waals surface area contributed by atoms with Gasteiger partial charge in [0.05, 0.1) is 21.9 Å². The summed E-state index contributed by atoms with van der Waals surface area (Å²) < 4.78 is 12.9. The van der Waals surface area contributed by atoms with E-state index in [0.29, 0.717) is 6.26 Å². The molecule has 0 aliphatic heterocycles. The fraction of sp³-hybridized carbons (Fsp3) is 0. The van der Waals surface area contributed by atoms with Gasteiger partial charge in [0.2, 0.25) is 0 Å². The molecule has 14 heavy (non-hydrogen) atoms. The van der Waals surface area contributed by atoms with Crippen LogP contribution in [0.5, 0.6) is 0 Å². The first kappa shape index (κ1) is 11.0. The summed E-state index contributed by atoms with van der Waals surface area (Å²) in [5, 5.41) is 8.06. The Labute approximate surface area is 89.6 Å². The van der Waals surface area contributed by atoms with Gasteiger partial charge >= 0.3 is 0 Å². The molecule has 0 aromatic heterocycles. The summed E-state index contributed by atoms with van der Waals surface area (Å²) in [5.41, 5.74) is -0.154. The fourth-order valence-corrected chi connectivity index (χ4v) is 1.46. The van der Waals surface area contributed by atoms with Crippen LogP contribution in [-0.4, -0.2) is 10.9 Å². The lowest BCUT2D eigenvalue weighted by Crippen LogP contribution is -1.98. The molecule has 0 spiro atoms. The number of rotatable bonds is 2. The molecule has 0 radical (unpaired) electrons. The Hall–Kier alpha value is -1.06. The van der Waals surface area contributed by atoms with Crippen molar-refractivity contribution in [3.63, 3.8) is 0 Å². The first-order valence-corrected chi connectivity index (χ1v) is 4.32. The lowest BCUT2D eigenvalue weighted by atomic mass is 10.1. The molecule has 0 heterocycles. The summed E-state index contributed by atoms with van der Waals surface area (Å²) in [6, 6.07) is 2.28. The van der Waals surface area contributed by atoms with Crippen molar-refractivity contribution in [2.45, 2.75) is 0 Å². The molecule has 1 aromatic carbocycles. The standard InChI is InChI=1S/C9H5Cl2FO2/c10-5-1-2-6(12)9(11)8(5)7(14)3-4-13/h1-4,13H. The number of ketones is 1. The Balaban J connectivity index is 3.32. The molecule has 2 nitrogen and oxygen atoms in total. The van der Waals surface area contributed by atoms with Gasteiger partial charge in [-0.2, -0.15) is 0 Å². The number of hydrogen-bond acceptors (Lipinski definition) is 2. The Kier molecular flexibility index (Phi) is 3.49. The number of carbonyl (C=O) groups is 1. The van der Waals surface area contributed by atoms with Gasteiger partial charge in [0.15, 0.2) is 5.78 Å². The third-order valence-electron chi connectivity index (χ3n) is 1.52. The predicted octanol–water partition coefficient (Wildman–Crippen LogP) is 3.39. The lowest BCUT2D eigenvalue weighted by molar-refractivity contribution is 0.104. The van der Waals surface area contributed by atoms with Crippen molar-refractivity contribution in [1.82, 2.24) is 0 Å². The molecule has 0 bridgehead atoms. The van der Waals surface area contributed by atoms with Crippen LogP contribution in [0.3, 0.4) is 0 Å². The Morgan fingerprint density at radius 1 is 1.43 bits per heavy atom. The summed E-state index contributed by atoms with van der Waals surface area (Å²) in [6.07, 6.45) is 1.38. The molecule has 74 valence electrons. The van der Waals surface area contributed by atoms with Crippen molar-refractivity contribution < 1.29 is 14.3 Å². The number of aliphatic hydroxyl groups excluding tert-OH is 1. The second kappa shape index (κ2) is 4.44. The first-order chi connectivity index (χ1) is 6.57. The second-order valence-electron chi connectivity index (χ2n) is 2.40. The summed E-state index contributed by atoms with van der Waals surface area (Å²) in [5.74, 6) is -1.38. The molecule has 0 amide bonds. The maximum atomic E-state index is 12.9. The van der Waals surface area contributed by atoms with Crippen LogP contribution in [0.4, 0.5) is 4.39 Å². The Bertz CT molecular complexity index is 402. The molecular weight excluding hydrogens is 230 g/mol. The maximum absolute atomic E-state index is 12.9. The van der Waals surface area contributed by atoms with Gasteiger partial charge in [-0.3, -0.25) is 4.79 Å². The van der Waals surface area contributed by atoms with E-state index in [0.717, 1.165) is 12.1 Å². The summed E-state index contributed by atoms with van der Waals surface area (Å²) in [6.45, 7) is 0. The van der Waals surface area contributed by atoms with Gasteiger partial charge in [-0.15, -0.1) is 0 Å². The minimum atomic E-state index is -0.731. The number of hydrogen-bond donors (Lipinski definition) is 1. The van der Waals surface area contributed by atoms with E-state index in [1.165, 1.54) is 6.07 Å². The van der Waals surface area contributed by atoms with Gasteiger partial charge in [-0.25, -0.2) is 4.39 Å². The van der Waals surface area contributed by atoms with Gasteiger partial charge in [0, 0.05) is 6.08 Å². The van der Waals surface area contributed by atoms with Gasteiger partial charge in [0.1, 0.15) is 5.82 Å². The molecule has 0 aliphatic carbocycles. The van der Waals surface area contributed by atoms with E-state index in [-0.39, 0.29) is 15.6 Å². The SMILES string of the molecule is O=C(C=CO)c1c(Cl)ccc(F)c1Cl. The summed E-state index contributed by atoms with van der Waals surface area (Å²) >= 11 is 11.2. The summed E-state index contributed by atoms with van der Waals surface area (Å²) in [4.78, 5) is 11.3. The highest BCUT2D eigenvalue weighted by Crippen LogP contribution is 2.27. The smallest absolute Gasteiger partial charge is 0.191 e. The van der Waals surface area contributed by atoms with E-state index >= 15 is 0 Å². The van der Waals surface area contributed by atoms with E-state index in [4.69, 9.17) is 28.3 Å². The minimum Gasteiger partial charge on any atom is -0.515 e. The highest BCUT2D eigenvalue weighted by atomic mass is 35.5. The average Bonchev–Trinajstić information content (AvgIpc) is 2.13. The number of halogens is 3. The quantitative estimate of drug-likeness (QED) is 0.369. The van der Waals surface area contributed by atoms with Crippen molar-refractivity contribution in [3.05, 3.63) is 45.9 Å².